The number of carbonyl (C=O) groups is 3. The number of esters is 1. The van der Waals surface area contributed by atoms with Gasteiger partial charge < -0.3 is 20.5 Å². The van der Waals surface area contributed by atoms with Gasteiger partial charge in [-0.25, -0.2) is 4.79 Å². The molecule has 0 saturated carbocycles. The molecule has 1 amide bonds. The zero-order valence-corrected chi connectivity index (χ0v) is 13.3. The Morgan fingerprint density at radius 1 is 1.26 bits per heavy atom. The van der Waals surface area contributed by atoms with E-state index in [1.807, 2.05) is 6.92 Å². The Balaban J connectivity index is 2.71. The number of anilines is 1. The number of carboxylic acids is 1. The largest absolute Gasteiger partial charge is 0.480 e. The van der Waals surface area contributed by atoms with Crippen molar-refractivity contribution in [1.82, 2.24) is 5.32 Å². The van der Waals surface area contributed by atoms with Crippen molar-refractivity contribution >= 4 is 23.5 Å². The van der Waals surface area contributed by atoms with Crippen LogP contribution in [-0.2, 0) is 14.3 Å². The molecule has 3 N–H and O–H groups in total. The van der Waals surface area contributed by atoms with Gasteiger partial charge in [0.05, 0.1) is 24.8 Å². The maximum atomic E-state index is 12.1. The zero-order valence-electron chi connectivity index (χ0n) is 13.3. The van der Waals surface area contributed by atoms with E-state index >= 15 is 0 Å². The van der Waals surface area contributed by atoms with E-state index in [1.165, 1.54) is 13.2 Å². The minimum absolute atomic E-state index is 0.217. The summed E-state index contributed by atoms with van der Waals surface area (Å²) in [6.45, 7) is 2.52. The summed E-state index contributed by atoms with van der Waals surface area (Å²) < 4.78 is 4.65. The zero-order chi connectivity index (χ0) is 17.2. The Kier molecular flexibility index (Phi) is 7.76. The number of methoxy groups -OCH3 is 1. The van der Waals surface area contributed by atoms with Crippen LogP contribution in [0.1, 0.15) is 36.5 Å². The van der Waals surface area contributed by atoms with Crippen molar-refractivity contribution in [1.29, 1.82) is 0 Å². The molecule has 1 rings (SSSR count). The highest BCUT2D eigenvalue weighted by Crippen LogP contribution is 2.16. The highest BCUT2D eigenvalue weighted by Gasteiger charge is 2.21. The summed E-state index contributed by atoms with van der Waals surface area (Å²) in [6, 6.07) is 5.43. The number of rotatable bonds is 9. The number of ether oxygens (including phenoxy) is 1. The van der Waals surface area contributed by atoms with E-state index in [9.17, 15) is 14.4 Å². The molecule has 1 aromatic rings. The van der Waals surface area contributed by atoms with Crippen LogP contribution in [0.15, 0.2) is 24.3 Å². The van der Waals surface area contributed by atoms with Crippen molar-refractivity contribution in [3.63, 3.8) is 0 Å². The van der Waals surface area contributed by atoms with Gasteiger partial charge in [0.15, 0.2) is 0 Å². The van der Waals surface area contributed by atoms with E-state index in [2.05, 4.69) is 15.4 Å². The number of amides is 1. The first-order valence-electron chi connectivity index (χ1n) is 7.43. The lowest BCUT2D eigenvalue weighted by molar-refractivity contribution is -0.141. The highest BCUT2D eigenvalue weighted by molar-refractivity contribution is 6.02. The molecule has 0 radical (unpaired) electrons. The number of nitrogens with one attached hydrogen (secondary N) is 2. The molecular weight excluding hydrogens is 300 g/mol. The van der Waals surface area contributed by atoms with Crippen molar-refractivity contribution < 1.29 is 24.2 Å². The van der Waals surface area contributed by atoms with Crippen molar-refractivity contribution in [2.24, 2.45) is 0 Å². The van der Waals surface area contributed by atoms with Gasteiger partial charge in [0.25, 0.3) is 0 Å². The second kappa shape index (κ2) is 9.58. The first-order chi connectivity index (χ1) is 11.0. The summed E-state index contributed by atoms with van der Waals surface area (Å²) in [4.78, 5) is 34.9. The predicted octanol–water partition coefficient (Wildman–Crippen LogP) is 1.64. The number of hydrogen-bond donors (Lipinski definition) is 3. The molecule has 0 aliphatic carbocycles. The van der Waals surface area contributed by atoms with Crippen molar-refractivity contribution in [2.75, 3.05) is 19.0 Å². The number of aliphatic carboxylic acids is 1. The van der Waals surface area contributed by atoms with E-state index < -0.39 is 23.9 Å². The minimum atomic E-state index is -1.09. The molecule has 1 aromatic carbocycles. The molecule has 0 saturated heterocycles. The molecule has 0 aromatic heterocycles. The quantitative estimate of drug-likeness (QED) is 0.471. The second-order valence-electron chi connectivity index (χ2n) is 4.99. The molecule has 1 unspecified atom stereocenters. The summed E-state index contributed by atoms with van der Waals surface area (Å²) in [5, 5.41) is 14.5. The SMILES string of the molecule is CCCCNC(CC(=O)Nc1ccccc1C(=O)OC)C(=O)O. The lowest BCUT2D eigenvalue weighted by Crippen LogP contribution is -2.40. The Labute approximate surface area is 135 Å². The number of carboxylic acid groups (broad SMARTS) is 1. The molecule has 7 nitrogen and oxygen atoms in total. The van der Waals surface area contributed by atoms with Gasteiger partial charge in [-0.15, -0.1) is 0 Å². The lowest BCUT2D eigenvalue weighted by Gasteiger charge is -2.15. The van der Waals surface area contributed by atoms with Crippen LogP contribution in [0.3, 0.4) is 0 Å². The first kappa shape index (κ1) is 18.6. The van der Waals surface area contributed by atoms with Crippen LogP contribution < -0.4 is 10.6 Å². The van der Waals surface area contributed by atoms with Gasteiger partial charge in [-0.1, -0.05) is 25.5 Å². The number of benzene rings is 1. The summed E-state index contributed by atoms with van der Waals surface area (Å²) in [6.07, 6.45) is 1.53. The number of para-hydroxylation sites is 1. The fraction of sp³-hybridized carbons (Fsp3) is 0.438. The molecule has 1 atom stereocenters. The van der Waals surface area contributed by atoms with Crippen LogP contribution in [0.5, 0.6) is 0 Å². The molecule has 7 heteroatoms. The molecular formula is C16H22N2O5. The van der Waals surface area contributed by atoms with Crippen LogP contribution in [0.2, 0.25) is 0 Å². The maximum Gasteiger partial charge on any atom is 0.339 e. The standard InChI is InChI=1S/C16H22N2O5/c1-3-4-9-17-13(15(20)21)10-14(19)18-12-8-6-5-7-11(12)16(22)23-2/h5-8,13,17H,3-4,9-10H2,1-2H3,(H,18,19)(H,20,21). The summed E-state index contributed by atoms with van der Waals surface area (Å²) in [5.41, 5.74) is 0.510. The maximum absolute atomic E-state index is 12.1. The topological polar surface area (TPSA) is 105 Å². The molecule has 23 heavy (non-hydrogen) atoms. The molecule has 0 aliphatic rings. The molecule has 0 spiro atoms. The summed E-state index contributed by atoms with van der Waals surface area (Å²) in [7, 11) is 1.25. The Bertz CT molecular complexity index is 559. The molecule has 0 aliphatic heterocycles. The average Bonchev–Trinajstić information content (AvgIpc) is 2.53. The lowest BCUT2D eigenvalue weighted by atomic mass is 10.1. The number of unbranched alkanes of at least 4 members (excludes halogenated alkanes) is 1. The highest BCUT2D eigenvalue weighted by atomic mass is 16.5. The number of carbonyl (C=O) groups excluding carboxylic acids is 2. The molecule has 0 heterocycles. The monoisotopic (exact) mass is 322 g/mol. The van der Waals surface area contributed by atoms with Crippen molar-refractivity contribution in [3.8, 4) is 0 Å². The van der Waals surface area contributed by atoms with Crippen LogP contribution in [0.4, 0.5) is 5.69 Å². The smallest absolute Gasteiger partial charge is 0.339 e. The number of hydrogen-bond acceptors (Lipinski definition) is 5. The van der Waals surface area contributed by atoms with Crippen LogP contribution in [0.25, 0.3) is 0 Å². The normalized spacial score (nSPS) is 11.6. The van der Waals surface area contributed by atoms with Gasteiger partial charge in [-0.2, -0.15) is 0 Å². The third kappa shape index (κ3) is 6.07. The molecule has 0 bridgehead atoms. The van der Waals surface area contributed by atoms with Gasteiger partial charge in [0, 0.05) is 0 Å². The first-order valence-corrected chi connectivity index (χ1v) is 7.43. The van der Waals surface area contributed by atoms with Crippen molar-refractivity contribution in [2.45, 2.75) is 32.2 Å². The van der Waals surface area contributed by atoms with E-state index in [0.29, 0.717) is 12.2 Å². The third-order valence-corrected chi connectivity index (χ3v) is 3.22. The average molecular weight is 322 g/mol. The Morgan fingerprint density at radius 3 is 2.57 bits per heavy atom. The minimum Gasteiger partial charge on any atom is -0.480 e. The van der Waals surface area contributed by atoms with Crippen LogP contribution >= 0.6 is 0 Å². The Morgan fingerprint density at radius 2 is 1.96 bits per heavy atom. The fourth-order valence-electron chi connectivity index (χ4n) is 1.97. The van der Waals surface area contributed by atoms with E-state index in [-0.39, 0.29) is 12.0 Å². The van der Waals surface area contributed by atoms with Crippen molar-refractivity contribution in [3.05, 3.63) is 29.8 Å². The van der Waals surface area contributed by atoms with E-state index in [4.69, 9.17) is 5.11 Å². The second-order valence-corrected chi connectivity index (χ2v) is 4.99. The van der Waals surface area contributed by atoms with Gasteiger partial charge in [0.1, 0.15) is 6.04 Å². The van der Waals surface area contributed by atoms with Gasteiger partial charge in [0.2, 0.25) is 5.91 Å². The molecule has 126 valence electrons. The fourth-order valence-corrected chi connectivity index (χ4v) is 1.97. The van der Waals surface area contributed by atoms with Crippen LogP contribution in [0, 0.1) is 0 Å². The Hall–Kier alpha value is -2.41. The summed E-state index contributed by atoms with van der Waals surface area (Å²) in [5.74, 6) is -2.15. The van der Waals surface area contributed by atoms with E-state index in [1.54, 1.807) is 18.2 Å². The van der Waals surface area contributed by atoms with Gasteiger partial charge >= 0.3 is 11.9 Å². The van der Waals surface area contributed by atoms with Gasteiger partial charge in [-0.05, 0) is 25.1 Å². The predicted molar refractivity (Wildman–Crippen MR) is 85.4 cm³/mol. The van der Waals surface area contributed by atoms with Gasteiger partial charge in [-0.3, -0.25) is 9.59 Å². The summed E-state index contributed by atoms with van der Waals surface area (Å²) >= 11 is 0. The third-order valence-electron chi connectivity index (χ3n) is 3.22. The van der Waals surface area contributed by atoms with E-state index in [0.717, 1.165) is 12.8 Å². The van der Waals surface area contributed by atoms with Crippen LogP contribution in [-0.4, -0.2) is 42.6 Å². The molecule has 0 fully saturated rings.